The summed E-state index contributed by atoms with van der Waals surface area (Å²) in [7, 11) is 0. The van der Waals surface area contributed by atoms with Gasteiger partial charge in [-0.25, -0.2) is 9.97 Å². The molecular formula is C17H11BrClF3N2. The molecule has 3 rings (SSSR count). The summed E-state index contributed by atoms with van der Waals surface area (Å²) in [6.07, 6.45) is -4.49. The highest BCUT2D eigenvalue weighted by atomic mass is 79.9. The number of rotatable bonds is 2. The average molecular weight is 416 g/mol. The van der Waals surface area contributed by atoms with Crippen molar-refractivity contribution in [2.75, 3.05) is 0 Å². The van der Waals surface area contributed by atoms with E-state index in [2.05, 4.69) is 25.9 Å². The quantitative estimate of drug-likeness (QED) is 0.451. The lowest BCUT2D eigenvalue weighted by molar-refractivity contribution is -0.137. The Hall–Kier alpha value is -1.66. The first-order valence-electron chi connectivity index (χ1n) is 7.06. The number of nitrogens with zero attached hydrogens (tertiary/aromatic N) is 2. The summed E-state index contributed by atoms with van der Waals surface area (Å²) in [6, 6.07) is 10.4. The lowest BCUT2D eigenvalue weighted by Gasteiger charge is -2.16. The number of alkyl halides is 4. The summed E-state index contributed by atoms with van der Waals surface area (Å²) < 4.78 is 40.1. The second-order valence-electron chi connectivity index (χ2n) is 5.22. The Labute approximate surface area is 149 Å². The van der Waals surface area contributed by atoms with E-state index in [4.69, 9.17) is 11.6 Å². The molecule has 1 heterocycles. The topological polar surface area (TPSA) is 25.8 Å². The molecule has 3 aromatic rings. The van der Waals surface area contributed by atoms with Crippen LogP contribution in [-0.2, 0) is 6.18 Å². The highest BCUT2D eigenvalue weighted by molar-refractivity contribution is 9.09. The first-order valence-corrected chi connectivity index (χ1v) is 8.35. The normalized spacial score (nSPS) is 13.2. The lowest BCUT2D eigenvalue weighted by Crippen LogP contribution is -2.09. The second-order valence-corrected chi connectivity index (χ2v) is 7.01. The molecule has 0 saturated heterocycles. The van der Waals surface area contributed by atoms with Crippen molar-refractivity contribution in [1.29, 1.82) is 0 Å². The van der Waals surface area contributed by atoms with Gasteiger partial charge in [0, 0.05) is 5.56 Å². The first kappa shape index (κ1) is 17.2. The molecule has 1 aromatic heterocycles. The zero-order valence-corrected chi connectivity index (χ0v) is 14.7. The Balaban J connectivity index is 2.38. The SMILES string of the molecule is CC(Br)c1nc2cccc(Cl)c2nc1-c1ccccc1C(F)(F)F. The number of aromatic nitrogens is 2. The number of para-hydroxylation sites is 1. The molecule has 0 spiro atoms. The van der Waals surface area contributed by atoms with Crippen molar-refractivity contribution < 1.29 is 13.2 Å². The van der Waals surface area contributed by atoms with Gasteiger partial charge in [0.1, 0.15) is 5.52 Å². The third-order valence-corrected chi connectivity index (χ3v) is 4.28. The van der Waals surface area contributed by atoms with Gasteiger partial charge in [-0.15, -0.1) is 0 Å². The van der Waals surface area contributed by atoms with Crippen LogP contribution in [-0.4, -0.2) is 9.97 Å². The predicted molar refractivity (Wildman–Crippen MR) is 92.3 cm³/mol. The Bertz CT molecular complexity index is 910. The smallest absolute Gasteiger partial charge is 0.248 e. The molecule has 0 bridgehead atoms. The van der Waals surface area contributed by atoms with Crippen LogP contribution in [0.2, 0.25) is 5.02 Å². The van der Waals surface area contributed by atoms with E-state index in [9.17, 15) is 13.2 Å². The van der Waals surface area contributed by atoms with Gasteiger partial charge in [-0.2, -0.15) is 13.2 Å². The van der Waals surface area contributed by atoms with E-state index < -0.39 is 11.7 Å². The summed E-state index contributed by atoms with van der Waals surface area (Å²) in [5.41, 5.74) is 0.759. The van der Waals surface area contributed by atoms with Crippen LogP contribution in [0.15, 0.2) is 42.5 Å². The standard InChI is InChI=1S/C17H11BrClF3N2/c1-9(18)14-15(10-5-2-3-6-11(10)17(20,21)22)24-16-12(19)7-4-8-13(16)23-14/h2-9H,1H3. The molecule has 0 aliphatic carbocycles. The minimum atomic E-state index is -4.49. The Morgan fingerprint density at radius 3 is 2.42 bits per heavy atom. The van der Waals surface area contributed by atoms with Crippen molar-refractivity contribution in [1.82, 2.24) is 9.97 Å². The van der Waals surface area contributed by atoms with Crippen LogP contribution in [0.1, 0.15) is 23.0 Å². The predicted octanol–water partition coefficient (Wildman–Crippen LogP) is 6.42. The monoisotopic (exact) mass is 414 g/mol. The van der Waals surface area contributed by atoms with E-state index in [0.717, 1.165) is 6.07 Å². The molecule has 7 heteroatoms. The number of hydrogen-bond acceptors (Lipinski definition) is 2. The molecule has 0 saturated carbocycles. The maximum atomic E-state index is 13.4. The number of hydrogen-bond donors (Lipinski definition) is 0. The zero-order valence-electron chi connectivity index (χ0n) is 12.4. The summed E-state index contributed by atoms with van der Waals surface area (Å²) in [4.78, 5) is 8.62. The molecule has 2 aromatic carbocycles. The summed E-state index contributed by atoms with van der Waals surface area (Å²) >= 11 is 9.53. The third kappa shape index (κ3) is 3.13. The molecule has 124 valence electrons. The molecule has 24 heavy (non-hydrogen) atoms. The van der Waals surface area contributed by atoms with Gasteiger partial charge in [0.2, 0.25) is 0 Å². The summed E-state index contributed by atoms with van der Waals surface area (Å²) in [5, 5.41) is 0.347. The second kappa shape index (κ2) is 6.33. The van der Waals surface area contributed by atoms with Crippen LogP contribution in [0.5, 0.6) is 0 Å². The molecule has 0 radical (unpaired) electrons. The average Bonchev–Trinajstić information content (AvgIpc) is 2.53. The van der Waals surface area contributed by atoms with E-state index in [1.807, 2.05) is 0 Å². The first-order chi connectivity index (χ1) is 11.3. The highest BCUT2D eigenvalue weighted by Gasteiger charge is 2.34. The molecule has 1 atom stereocenters. The van der Waals surface area contributed by atoms with Crippen LogP contribution in [0, 0.1) is 0 Å². The number of fused-ring (bicyclic) bond motifs is 1. The van der Waals surface area contributed by atoms with Crippen molar-refractivity contribution in [2.24, 2.45) is 0 Å². The minimum Gasteiger partial charge on any atom is -0.248 e. The van der Waals surface area contributed by atoms with E-state index in [-0.39, 0.29) is 16.1 Å². The molecule has 1 unspecified atom stereocenters. The van der Waals surface area contributed by atoms with Crippen LogP contribution in [0.4, 0.5) is 13.2 Å². The van der Waals surface area contributed by atoms with Gasteiger partial charge >= 0.3 is 6.18 Å². The van der Waals surface area contributed by atoms with Gasteiger partial charge in [0.25, 0.3) is 0 Å². The molecular weight excluding hydrogens is 405 g/mol. The van der Waals surface area contributed by atoms with E-state index in [1.165, 1.54) is 12.1 Å². The fourth-order valence-electron chi connectivity index (χ4n) is 2.47. The third-order valence-electron chi connectivity index (χ3n) is 3.54. The van der Waals surface area contributed by atoms with Gasteiger partial charge < -0.3 is 0 Å². The minimum absolute atomic E-state index is 0.0133. The van der Waals surface area contributed by atoms with Gasteiger partial charge in [0.15, 0.2) is 0 Å². The number of benzene rings is 2. The van der Waals surface area contributed by atoms with E-state index >= 15 is 0 Å². The fourth-order valence-corrected chi connectivity index (χ4v) is 3.00. The van der Waals surface area contributed by atoms with Gasteiger partial charge in [0.05, 0.1) is 32.3 Å². The van der Waals surface area contributed by atoms with Crippen molar-refractivity contribution >= 4 is 38.6 Å². The molecule has 0 amide bonds. The van der Waals surface area contributed by atoms with Gasteiger partial charge in [-0.05, 0) is 25.1 Å². The fraction of sp³-hybridized carbons (Fsp3) is 0.176. The van der Waals surface area contributed by atoms with Crippen molar-refractivity contribution in [3.63, 3.8) is 0 Å². The van der Waals surface area contributed by atoms with E-state index in [1.54, 1.807) is 31.2 Å². The van der Waals surface area contributed by atoms with Crippen molar-refractivity contribution in [3.05, 3.63) is 58.7 Å². The van der Waals surface area contributed by atoms with Crippen LogP contribution < -0.4 is 0 Å². The van der Waals surface area contributed by atoms with Crippen LogP contribution in [0.25, 0.3) is 22.3 Å². The molecule has 0 aliphatic heterocycles. The highest BCUT2D eigenvalue weighted by Crippen LogP contribution is 2.40. The van der Waals surface area contributed by atoms with Gasteiger partial charge in [-0.1, -0.05) is 51.8 Å². The lowest BCUT2D eigenvalue weighted by atomic mass is 10.0. The maximum absolute atomic E-state index is 13.4. The van der Waals surface area contributed by atoms with E-state index in [0.29, 0.717) is 21.7 Å². The Morgan fingerprint density at radius 1 is 1.04 bits per heavy atom. The van der Waals surface area contributed by atoms with Crippen LogP contribution >= 0.6 is 27.5 Å². The van der Waals surface area contributed by atoms with Gasteiger partial charge in [-0.3, -0.25) is 0 Å². The van der Waals surface area contributed by atoms with Crippen molar-refractivity contribution in [3.8, 4) is 11.3 Å². The summed E-state index contributed by atoms with van der Waals surface area (Å²) in [6.45, 7) is 1.79. The van der Waals surface area contributed by atoms with Crippen LogP contribution in [0.3, 0.4) is 0 Å². The zero-order chi connectivity index (χ0) is 17.5. The maximum Gasteiger partial charge on any atom is 0.417 e. The Morgan fingerprint density at radius 2 is 1.75 bits per heavy atom. The molecule has 0 fully saturated rings. The van der Waals surface area contributed by atoms with Crippen molar-refractivity contribution in [2.45, 2.75) is 17.9 Å². The molecule has 0 aliphatic rings. The summed E-state index contributed by atoms with van der Waals surface area (Å²) in [5.74, 6) is 0. The number of halogens is 5. The molecule has 2 nitrogen and oxygen atoms in total. The largest absolute Gasteiger partial charge is 0.417 e. The Kier molecular flexibility index (Phi) is 4.53. The molecule has 0 N–H and O–H groups in total.